The molecule has 1 N–H and O–H groups in total. The van der Waals surface area contributed by atoms with Crippen molar-refractivity contribution in [3.8, 4) is 11.3 Å². The fourth-order valence-corrected chi connectivity index (χ4v) is 4.68. The number of carbonyl (C=O) groups is 1. The zero-order valence-electron chi connectivity index (χ0n) is 16.9. The van der Waals surface area contributed by atoms with Crippen molar-refractivity contribution in [3.05, 3.63) is 76.6 Å². The number of piperidine rings is 1. The second-order valence-electron chi connectivity index (χ2n) is 7.45. The molecule has 1 aliphatic heterocycles. The van der Waals surface area contributed by atoms with Gasteiger partial charge < -0.3 is 10.2 Å². The Morgan fingerprint density at radius 2 is 1.75 bits per heavy atom. The van der Waals surface area contributed by atoms with E-state index in [1.54, 1.807) is 4.90 Å². The van der Waals surface area contributed by atoms with Gasteiger partial charge in [-0.1, -0.05) is 30.3 Å². The number of alkyl halides is 3. The lowest BCUT2D eigenvalue weighted by molar-refractivity contribution is -0.137. The molecule has 0 atom stereocenters. The molecule has 5 nitrogen and oxygen atoms in total. The van der Waals surface area contributed by atoms with Gasteiger partial charge in [0.2, 0.25) is 0 Å². The van der Waals surface area contributed by atoms with Gasteiger partial charge in [-0.05, 0) is 42.7 Å². The van der Waals surface area contributed by atoms with E-state index in [9.17, 15) is 18.0 Å². The molecule has 9 heteroatoms. The number of halogens is 3. The van der Waals surface area contributed by atoms with E-state index in [-0.39, 0.29) is 11.9 Å². The molecule has 0 aliphatic carbocycles. The topological polar surface area (TPSA) is 49.6 Å². The Kier molecular flexibility index (Phi) is 6.15. The van der Waals surface area contributed by atoms with Crippen molar-refractivity contribution in [1.29, 1.82) is 0 Å². The Hall–Kier alpha value is -3.38. The fraction of sp³-hybridized carbons (Fsp3) is 0.261. The van der Waals surface area contributed by atoms with Gasteiger partial charge in [0.05, 0.1) is 22.8 Å². The number of nitrogens with one attached hydrogen (secondary N) is 1. The van der Waals surface area contributed by atoms with Gasteiger partial charge in [-0.25, -0.2) is 9.64 Å². The van der Waals surface area contributed by atoms with Crippen molar-refractivity contribution in [3.63, 3.8) is 0 Å². The third-order valence-corrected chi connectivity index (χ3v) is 6.48. The Morgan fingerprint density at radius 3 is 2.34 bits per heavy atom. The summed E-state index contributed by atoms with van der Waals surface area (Å²) in [6.07, 6.45) is -2.99. The molecule has 1 aromatic heterocycles. The standard InChI is InChI=1S/C23H19F3N4OS/c1-27-21-19(15-5-3-2-4-6-15)29-20(32-21)16-11-13-30(14-12-16)22(31)28-18-9-7-17(8-10-18)23(24,25)26/h2-10,16H,11-14H2,(H,28,31). The number of rotatable bonds is 3. The molecule has 2 aromatic carbocycles. The molecule has 0 bridgehead atoms. The monoisotopic (exact) mass is 456 g/mol. The van der Waals surface area contributed by atoms with Crippen LogP contribution in [0.1, 0.15) is 29.3 Å². The summed E-state index contributed by atoms with van der Waals surface area (Å²) in [6, 6.07) is 13.7. The average molecular weight is 456 g/mol. The van der Waals surface area contributed by atoms with Gasteiger partial charge in [-0.3, -0.25) is 4.98 Å². The van der Waals surface area contributed by atoms with Crippen LogP contribution < -0.4 is 5.32 Å². The maximum absolute atomic E-state index is 12.7. The number of anilines is 1. The van der Waals surface area contributed by atoms with Crippen LogP contribution in [0.2, 0.25) is 0 Å². The van der Waals surface area contributed by atoms with Gasteiger partial charge in [0.25, 0.3) is 5.00 Å². The molecule has 1 fully saturated rings. The number of likely N-dealkylation sites (tertiary alicyclic amines) is 1. The van der Waals surface area contributed by atoms with Crippen molar-refractivity contribution >= 4 is 28.1 Å². The summed E-state index contributed by atoms with van der Waals surface area (Å²) in [7, 11) is 0. The maximum atomic E-state index is 12.7. The van der Waals surface area contributed by atoms with Gasteiger partial charge in [0, 0.05) is 24.7 Å². The molecule has 0 saturated carbocycles. The van der Waals surface area contributed by atoms with Crippen LogP contribution in [-0.4, -0.2) is 29.0 Å². The van der Waals surface area contributed by atoms with E-state index in [0.29, 0.717) is 42.3 Å². The molecule has 164 valence electrons. The highest BCUT2D eigenvalue weighted by Gasteiger charge is 2.30. The normalized spacial score (nSPS) is 14.8. The van der Waals surface area contributed by atoms with Gasteiger partial charge in [0.15, 0.2) is 0 Å². The van der Waals surface area contributed by atoms with Crippen molar-refractivity contribution in [2.45, 2.75) is 24.9 Å². The minimum Gasteiger partial charge on any atom is -0.324 e. The van der Waals surface area contributed by atoms with E-state index in [1.807, 2.05) is 30.3 Å². The summed E-state index contributed by atoms with van der Waals surface area (Å²) in [5, 5.41) is 4.12. The SMILES string of the molecule is [C-]#[N+]c1sc(C2CCN(C(=O)Nc3ccc(C(F)(F)F)cc3)CC2)nc1-c1ccccc1. The summed E-state index contributed by atoms with van der Waals surface area (Å²) < 4.78 is 38.0. The Bertz CT molecular complexity index is 1130. The number of thiazole rings is 1. The number of benzene rings is 2. The van der Waals surface area contributed by atoms with E-state index in [4.69, 9.17) is 11.6 Å². The molecule has 1 saturated heterocycles. The number of nitrogens with zero attached hydrogens (tertiary/aromatic N) is 3. The molecule has 0 unspecified atom stereocenters. The van der Waals surface area contributed by atoms with Gasteiger partial charge in [0.1, 0.15) is 0 Å². The number of aromatic nitrogens is 1. The lowest BCUT2D eigenvalue weighted by atomic mass is 9.98. The smallest absolute Gasteiger partial charge is 0.324 e. The van der Waals surface area contributed by atoms with Crippen LogP contribution in [-0.2, 0) is 6.18 Å². The molecule has 32 heavy (non-hydrogen) atoms. The number of urea groups is 1. The van der Waals surface area contributed by atoms with E-state index in [0.717, 1.165) is 22.7 Å². The van der Waals surface area contributed by atoms with Gasteiger partial charge in [-0.15, -0.1) is 11.3 Å². The minimum atomic E-state index is -4.41. The molecular weight excluding hydrogens is 437 g/mol. The molecule has 0 spiro atoms. The third-order valence-electron chi connectivity index (χ3n) is 5.37. The van der Waals surface area contributed by atoms with Crippen molar-refractivity contribution in [2.24, 2.45) is 0 Å². The molecule has 2 amide bonds. The molecule has 2 heterocycles. The predicted molar refractivity (Wildman–Crippen MR) is 118 cm³/mol. The highest BCUT2D eigenvalue weighted by molar-refractivity contribution is 7.16. The van der Waals surface area contributed by atoms with Gasteiger partial charge >= 0.3 is 12.2 Å². The summed E-state index contributed by atoms with van der Waals surface area (Å²) in [6.45, 7) is 8.48. The Morgan fingerprint density at radius 1 is 1.09 bits per heavy atom. The lowest BCUT2D eigenvalue weighted by Gasteiger charge is -2.31. The van der Waals surface area contributed by atoms with E-state index < -0.39 is 11.7 Å². The van der Waals surface area contributed by atoms with Gasteiger partial charge in [-0.2, -0.15) is 13.2 Å². The zero-order chi connectivity index (χ0) is 22.7. The van der Waals surface area contributed by atoms with Crippen molar-refractivity contribution < 1.29 is 18.0 Å². The summed E-state index contributed by atoms with van der Waals surface area (Å²) in [5.41, 5.74) is 1.17. The largest absolute Gasteiger partial charge is 0.416 e. The molecule has 0 radical (unpaired) electrons. The zero-order valence-corrected chi connectivity index (χ0v) is 17.7. The number of carbonyl (C=O) groups excluding carboxylic acids is 1. The molecule has 4 rings (SSSR count). The first-order valence-electron chi connectivity index (χ1n) is 10.0. The summed E-state index contributed by atoms with van der Waals surface area (Å²) in [5.74, 6) is 0.160. The van der Waals surface area contributed by atoms with E-state index in [1.165, 1.54) is 23.5 Å². The van der Waals surface area contributed by atoms with Crippen LogP contribution in [0, 0.1) is 6.57 Å². The quantitative estimate of drug-likeness (QED) is 0.441. The molecule has 3 aromatic rings. The third kappa shape index (κ3) is 4.75. The number of hydrogen-bond acceptors (Lipinski definition) is 3. The summed E-state index contributed by atoms with van der Waals surface area (Å²) in [4.78, 5) is 22.5. The van der Waals surface area contributed by atoms with Crippen molar-refractivity contribution in [2.75, 3.05) is 18.4 Å². The van der Waals surface area contributed by atoms with Crippen LogP contribution in [0.15, 0.2) is 54.6 Å². The highest BCUT2D eigenvalue weighted by atomic mass is 32.1. The van der Waals surface area contributed by atoms with Crippen molar-refractivity contribution in [1.82, 2.24) is 9.88 Å². The average Bonchev–Trinajstić information content (AvgIpc) is 3.24. The molecular formula is C23H19F3N4OS. The first-order valence-corrected chi connectivity index (χ1v) is 10.8. The first kappa shape index (κ1) is 21.8. The van der Waals surface area contributed by atoms with E-state index >= 15 is 0 Å². The van der Waals surface area contributed by atoms with Crippen LogP contribution in [0.25, 0.3) is 16.1 Å². The Labute approximate surface area is 187 Å². The molecule has 1 aliphatic rings. The van der Waals surface area contributed by atoms with Crippen LogP contribution in [0.5, 0.6) is 0 Å². The van der Waals surface area contributed by atoms with E-state index in [2.05, 4.69) is 10.2 Å². The minimum absolute atomic E-state index is 0.160. The highest BCUT2D eigenvalue weighted by Crippen LogP contribution is 2.41. The second kappa shape index (κ2) is 9.01. The number of amides is 2. The Balaban J connectivity index is 1.38. The number of hydrogen-bond donors (Lipinski definition) is 1. The predicted octanol–water partition coefficient (Wildman–Crippen LogP) is 6.79. The van der Waals surface area contributed by atoms with Crippen LogP contribution in [0.3, 0.4) is 0 Å². The maximum Gasteiger partial charge on any atom is 0.416 e. The summed E-state index contributed by atoms with van der Waals surface area (Å²) >= 11 is 1.40. The lowest BCUT2D eigenvalue weighted by Crippen LogP contribution is -2.40. The van der Waals surface area contributed by atoms with Crippen LogP contribution >= 0.6 is 11.3 Å². The second-order valence-corrected chi connectivity index (χ2v) is 8.46. The fourth-order valence-electron chi connectivity index (χ4n) is 3.64. The first-order chi connectivity index (χ1) is 15.3. The van der Waals surface area contributed by atoms with Crippen LogP contribution in [0.4, 0.5) is 28.7 Å².